The second-order valence-corrected chi connectivity index (χ2v) is 3.24. The molecule has 1 aliphatic rings. The Balaban J connectivity index is 2.27. The molecule has 0 aliphatic carbocycles. The van der Waals surface area contributed by atoms with E-state index in [9.17, 15) is 4.79 Å². The van der Waals surface area contributed by atoms with Gasteiger partial charge in [-0.25, -0.2) is 4.79 Å². The van der Waals surface area contributed by atoms with Crippen LogP contribution in [0.25, 0.3) is 0 Å². The predicted octanol–water partition coefficient (Wildman–Crippen LogP) is -1.05. The van der Waals surface area contributed by atoms with Crippen LogP contribution < -0.4 is 5.32 Å². The summed E-state index contributed by atoms with van der Waals surface area (Å²) < 4.78 is 5.16. The zero-order chi connectivity index (χ0) is 10.4. The molecule has 1 atom stereocenters. The number of hydrogen-bond acceptors (Lipinski definition) is 4. The summed E-state index contributed by atoms with van der Waals surface area (Å²) in [5.74, 6) is 0. The number of nitrogens with zero attached hydrogens (tertiary/aromatic N) is 1. The number of nitrogens with one attached hydrogen (secondary N) is 1. The first-order chi connectivity index (χ1) is 6.72. The molecule has 0 saturated carbocycles. The highest BCUT2D eigenvalue weighted by Gasteiger charge is 2.17. The molecule has 1 amide bonds. The summed E-state index contributed by atoms with van der Waals surface area (Å²) in [6, 6.07) is -0.411. The van der Waals surface area contributed by atoms with Crippen molar-refractivity contribution in [2.24, 2.45) is 0 Å². The first kappa shape index (κ1) is 11.2. The second kappa shape index (κ2) is 5.79. The molecule has 3 N–H and O–H groups in total. The topological polar surface area (TPSA) is 82.0 Å². The molecule has 82 valence electrons. The summed E-state index contributed by atoms with van der Waals surface area (Å²) in [6.45, 7) is 3.28. The van der Waals surface area contributed by atoms with Crippen molar-refractivity contribution in [3.63, 3.8) is 0 Å². The van der Waals surface area contributed by atoms with Crippen molar-refractivity contribution < 1.29 is 19.7 Å². The van der Waals surface area contributed by atoms with Crippen molar-refractivity contribution >= 4 is 6.09 Å². The van der Waals surface area contributed by atoms with Crippen molar-refractivity contribution in [2.45, 2.75) is 6.04 Å². The molecule has 0 radical (unpaired) electrons. The van der Waals surface area contributed by atoms with E-state index >= 15 is 0 Å². The molecule has 0 aromatic carbocycles. The minimum atomic E-state index is -1.10. The first-order valence-electron chi connectivity index (χ1n) is 4.63. The van der Waals surface area contributed by atoms with E-state index in [1.54, 1.807) is 0 Å². The van der Waals surface area contributed by atoms with Crippen molar-refractivity contribution in [3.8, 4) is 0 Å². The van der Waals surface area contributed by atoms with Gasteiger partial charge in [0.1, 0.15) is 0 Å². The monoisotopic (exact) mass is 204 g/mol. The lowest BCUT2D eigenvalue weighted by Crippen LogP contribution is -2.48. The van der Waals surface area contributed by atoms with Gasteiger partial charge in [-0.2, -0.15) is 0 Å². The maximum absolute atomic E-state index is 10.3. The minimum absolute atomic E-state index is 0.177. The first-order valence-corrected chi connectivity index (χ1v) is 4.63. The predicted molar refractivity (Wildman–Crippen MR) is 49.3 cm³/mol. The number of amides is 1. The fourth-order valence-corrected chi connectivity index (χ4v) is 1.42. The van der Waals surface area contributed by atoms with Crippen LogP contribution >= 0.6 is 0 Å². The Morgan fingerprint density at radius 2 is 2.14 bits per heavy atom. The number of ether oxygens (including phenoxy) is 1. The molecule has 1 saturated heterocycles. The third-order valence-corrected chi connectivity index (χ3v) is 2.13. The van der Waals surface area contributed by atoms with Crippen molar-refractivity contribution in [2.75, 3.05) is 39.5 Å². The summed E-state index contributed by atoms with van der Waals surface area (Å²) >= 11 is 0. The summed E-state index contributed by atoms with van der Waals surface area (Å²) in [5.41, 5.74) is 0. The Morgan fingerprint density at radius 1 is 1.50 bits per heavy atom. The minimum Gasteiger partial charge on any atom is -0.465 e. The standard InChI is InChI=1S/C8H16N2O4/c11-6-7(9-8(12)13)5-10-1-3-14-4-2-10/h7,9,11H,1-6H2,(H,12,13). The summed E-state index contributed by atoms with van der Waals surface area (Å²) in [4.78, 5) is 12.4. The summed E-state index contributed by atoms with van der Waals surface area (Å²) in [6.07, 6.45) is -1.10. The molecule has 14 heavy (non-hydrogen) atoms. The average molecular weight is 204 g/mol. The van der Waals surface area contributed by atoms with Gasteiger partial charge in [-0.1, -0.05) is 0 Å². The van der Waals surface area contributed by atoms with Crippen LogP contribution in [-0.4, -0.2) is 66.7 Å². The lowest BCUT2D eigenvalue weighted by molar-refractivity contribution is 0.0301. The lowest BCUT2D eigenvalue weighted by Gasteiger charge is -2.29. The highest BCUT2D eigenvalue weighted by molar-refractivity contribution is 5.64. The largest absolute Gasteiger partial charge is 0.465 e. The molecule has 1 rings (SSSR count). The summed E-state index contributed by atoms with van der Waals surface area (Å²) in [5, 5.41) is 19.7. The molecule has 0 aromatic rings. The zero-order valence-corrected chi connectivity index (χ0v) is 7.98. The Hall–Kier alpha value is -0.850. The van der Waals surface area contributed by atoms with Gasteiger partial charge in [0.25, 0.3) is 0 Å². The van der Waals surface area contributed by atoms with Crippen molar-refractivity contribution in [1.82, 2.24) is 10.2 Å². The van der Waals surface area contributed by atoms with Gasteiger partial charge in [0.2, 0.25) is 0 Å². The number of carbonyl (C=O) groups is 1. The van der Waals surface area contributed by atoms with E-state index in [0.29, 0.717) is 19.8 Å². The molecule has 6 nitrogen and oxygen atoms in total. The van der Waals surface area contributed by atoms with Crippen molar-refractivity contribution in [3.05, 3.63) is 0 Å². The Morgan fingerprint density at radius 3 is 2.64 bits per heavy atom. The number of morpholine rings is 1. The smallest absolute Gasteiger partial charge is 0.405 e. The molecule has 6 heteroatoms. The van der Waals surface area contributed by atoms with E-state index in [-0.39, 0.29) is 6.61 Å². The van der Waals surface area contributed by atoms with Gasteiger partial charge in [-0.05, 0) is 0 Å². The molecule has 0 spiro atoms. The van der Waals surface area contributed by atoms with E-state index in [0.717, 1.165) is 13.1 Å². The van der Waals surface area contributed by atoms with Gasteiger partial charge >= 0.3 is 6.09 Å². The van der Waals surface area contributed by atoms with Gasteiger partial charge in [0, 0.05) is 19.6 Å². The molecule has 1 heterocycles. The molecule has 1 unspecified atom stereocenters. The van der Waals surface area contributed by atoms with Gasteiger partial charge in [0.05, 0.1) is 25.9 Å². The lowest BCUT2D eigenvalue weighted by atomic mass is 10.2. The normalized spacial score (nSPS) is 20.4. The SMILES string of the molecule is O=C(O)NC(CO)CN1CCOCC1. The van der Waals surface area contributed by atoms with Crippen LogP contribution in [0.2, 0.25) is 0 Å². The Kier molecular flexibility index (Phi) is 4.64. The molecule has 1 fully saturated rings. The number of aliphatic hydroxyl groups is 1. The van der Waals surface area contributed by atoms with Gasteiger partial charge in [-0.3, -0.25) is 4.90 Å². The Bertz CT molecular complexity index is 182. The van der Waals surface area contributed by atoms with Crippen LogP contribution in [0, 0.1) is 0 Å². The fourth-order valence-electron chi connectivity index (χ4n) is 1.42. The Labute approximate surface area is 82.5 Å². The number of aliphatic hydroxyl groups excluding tert-OH is 1. The molecular weight excluding hydrogens is 188 g/mol. The molecule has 0 aromatic heterocycles. The fraction of sp³-hybridized carbons (Fsp3) is 0.875. The molecular formula is C8H16N2O4. The van der Waals surface area contributed by atoms with Crippen LogP contribution in [0.5, 0.6) is 0 Å². The number of carboxylic acid groups (broad SMARTS) is 1. The number of rotatable bonds is 4. The molecule has 0 bridgehead atoms. The second-order valence-electron chi connectivity index (χ2n) is 3.24. The highest BCUT2D eigenvalue weighted by atomic mass is 16.5. The van der Waals surface area contributed by atoms with Gasteiger partial charge in [-0.15, -0.1) is 0 Å². The third kappa shape index (κ3) is 3.91. The maximum Gasteiger partial charge on any atom is 0.405 e. The van der Waals surface area contributed by atoms with Gasteiger partial charge in [0.15, 0.2) is 0 Å². The van der Waals surface area contributed by atoms with E-state index in [1.165, 1.54) is 0 Å². The van der Waals surface area contributed by atoms with Crippen LogP contribution in [-0.2, 0) is 4.74 Å². The van der Waals surface area contributed by atoms with Crippen LogP contribution in [0.4, 0.5) is 4.79 Å². The van der Waals surface area contributed by atoms with E-state index in [1.807, 2.05) is 0 Å². The quantitative estimate of drug-likeness (QED) is 0.544. The molecule has 1 aliphatic heterocycles. The maximum atomic E-state index is 10.3. The third-order valence-electron chi connectivity index (χ3n) is 2.13. The summed E-state index contributed by atoms with van der Waals surface area (Å²) in [7, 11) is 0. The zero-order valence-electron chi connectivity index (χ0n) is 7.98. The number of hydrogen-bond donors (Lipinski definition) is 3. The van der Waals surface area contributed by atoms with Crippen LogP contribution in [0.15, 0.2) is 0 Å². The highest BCUT2D eigenvalue weighted by Crippen LogP contribution is 1.98. The van der Waals surface area contributed by atoms with Crippen molar-refractivity contribution in [1.29, 1.82) is 0 Å². The van der Waals surface area contributed by atoms with E-state index in [2.05, 4.69) is 10.2 Å². The average Bonchev–Trinajstić information content (AvgIpc) is 2.17. The van der Waals surface area contributed by atoms with Crippen LogP contribution in [0.3, 0.4) is 0 Å². The van der Waals surface area contributed by atoms with E-state index < -0.39 is 12.1 Å². The van der Waals surface area contributed by atoms with Gasteiger partial charge < -0.3 is 20.3 Å². The van der Waals surface area contributed by atoms with Crippen LogP contribution in [0.1, 0.15) is 0 Å². The van der Waals surface area contributed by atoms with E-state index in [4.69, 9.17) is 14.9 Å².